The second kappa shape index (κ2) is 9.31. The zero-order valence-corrected chi connectivity index (χ0v) is 15.6. The maximum atomic E-state index is 12.6. The molecule has 10 heteroatoms. The molecule has 1 aromatic heterocycles. The number of nitrogens with zero attached hydrogens (tertiary/aromatic N) is 4. The van der Waals surface area contributed by atoms with Crippen molar-refractivity contribution in [3.63, 3.8) is 0 Å². The average Bonchev–Trinajstić information content (AvgIpc) is 3.10. The summed E-state index contributed by atoms with van der Waals surface area (Å²) in [5, 5.41) is 15.1. The van der Waals surface area contributed by atoms with Crippen molar-refractivity contribution < 1.29 is 13.6 Å². The van der Waals surface area contributed by atoms with E-state index >= 15 is 0 Å². The molecule has 1 N–H and O–H groups in total. The molecular formula is C16H19F2N5OS2. The number of tetrazole rings is 1. The lowest BCUT2D eigenvalue weighted by molar-refractivity contribution is -0.113. The number of aromatic nitrogens is 4. The zero-order chi connectivity index (χ0) is 18.4. The Morgan fingerprint density at radius 1 is 1.27 bits per heavy atom. The number of thioether (sulfide) groups is 2. The number of nitrogens with one attached hydrogen (secondary N) is 1. The van der Waals surface area contributed by atoms with Crippen LogP contribution >= 0.6 is 23.5 Å². The summed E-state index contributed by atoms with van der Waals surface area (Å²) in [5.41, 5.74) is 0.385. The predicted molar refractivity (Wildman–Crippen MR) is 97.6 cm³/mol. The molecule has 6 nitrogen and oxygen atoms in total. The molecule has 0 radical (unpaired) electrons. The van der Waals surface area contributed by atoms with E-state index in [9.17, 15) is 13.6 Å². The van der Waals surface area contributed by atoms with E-state index < -0.39 is 5.76 Å². The number of carbonyl (C=O) groups excluding carboxylic acids is 1. The minimum Gasteiger partial charge on any atom is -0.324 e. The topological polar surface area (TPSA) is 72.7 Å². The third-order valence-corrected chi connectivity index (χ3v) is 5.81. The molecule has 0 bridgehead atoms. The second-order valence-electron chi connectivity index (χ2n) is 5.91. The highest BCUT2D eigenvalue weighted by molar-refractivity contribution is 8.00. The van der Waals surface area contributed by atoms with Crippen LogP contribution in [0.15, 0.2) is 34.3 Å². The van der Waals surface area contributed by atoms with Crippen LogP contribution in [0.3, 0.4) is 0 Å². The lowest BCUT2D eigenvalue weighted by Crippen LogP contribution is -2.17. The fourth-order valence-corrected chi connectivity index (χ4v) is 4.26. The van der Waals surface area contributed by atoms with Gasteiger partial charge in [-0.25, -0.2) is 4.68 Å². The lowest BCUT2D eigenvalue weighted by atomic mass is 9.96. The molecule has 0 saturated heterocycles. The van der Waals surface area contributed by atoms with Gasteiger partial charge >= 0.3 is 0 Å². The standard InChI is InChI=1S/C16H19F2N5OS2/c17-15(18)26-13-9-5-4-8-12(13)19-14(24)10-25-16-20-21-22-23(16)11-6-2-1-3-7-11/h4-5,8-9,11,15H,1-3,6-7,10H2,(H,19,24). The molecule has 0 unspecified atom stereocenters. The highest BCUT2D eigenvalue weighted by Gasteiger charge is 2.21. The molecule has 1 heterocycles. The molecule has 140 valence electrons. The van der Waals surface area contributed by atoms with E-state index in [1.54, 1.807) is 28.9 Å². The summed E-state index contributed by atoms with van der Waals surface area (Å²) >= 11 is 1.67. The summed E-state index contributed by atoms with van der Waals surface area (Å²) in [5.74, 6) is -2.71. The van der Waals surface area contributed by atoms with Gasteiger partial charge in [-0.1, -0.05) is 54.9 Å². The molecule has 0 spiro atoms. The van der Waals surface area contributed by atoms with Crippen LogP contribution in [0.2, 0.25) is 0 Å². The SMILES string of the molecule is O=C(CSc1nnnn1C1CCCCC1)Nc1ccccc1SC(F)F. The molecule has 1 amide bonds. The highest BCUT2D eigenvalue weighted by atomic mass is 32.2. The number of benzene rings is 1. The van der Waals surface area contributed by atoms with Crippen molar-refractivity contribution in [3.05, 3.63) is 24.3 Å². The Balaban J connectivity index is 1.58. The van der Waals surface area contributed by atoms with Gasteiger partial charge in [0, 0.05) is 4.90 Å². The van der Waals surface area contributed by atoms with Gasteiger partial charge < -0.3 is 5.32 Å². The first-order valence-corrected chi connectivity index (χ1v) is 10.2. The summed E-state index contributed by atoms with van der Waals surface area (Å²) in [4.78, 5) is 12.6. The number of amides is 1. The van der Waals surface area contributed by atoms with Crippen molar-refractivity contribution in [2.45, 2.75) is 54.0 Å². The molecule has 3 rings (SSSR count). The van der Waals surface area contributed by atoms with Crippen LogP contribution in [0, 0.1) is 0 Å². The minimum absolute atomic E-state index is 0.112. The number of anilines is 1. The van der Waals surface area contributed by atoms with Crippen LogP contribution in [-0.4, -0.2) is 37.6 Å². The van der Waals surface area contributed by atoms with Gasteiger partial charge in [-0.05, 0) is 35.4 Å². The lowest BCUT2D eigenvalue weighted by Gasteiger charge is -2.21. The summed E-state index contributed by atoms with van der Waals surface area (Å²) < 4.78 is 27.0. The van der Waals surface area contributed by atoms with Crippen LogP contribution in [-0.2, 0) is 4.79 Å². The monoisotopic (exact) mass is 399 g/mol. The van der Waals surface area contributed by atoms with Crippen LogP contribution < -0.4 is 5.32 Å². The fraction of sp³-hybridized carbons (Fsp3) is 0.500. The van der Waals surface area contributed by atoms with Crippen molar-refractivity contribution in [1.82, 2.24) is 20.2 Å². The molecule has 1 aromatic carbocycles. The first kappa shape index (κ1) is 19.1. The smallest absolute Gasteiger partial charge is 0.288 e. The zero-order valence-electron chi connectivity index (χ0n) is 14.0. The number of hydrogen-bond acceptors (Lipinski definition) is 6. The molecule has 1 aliphatic rings. The maximum absolute atomic E-state index is 12.6. The normalized spacial score (nSPS) is 15.3. The Morgan fingerprint density at radius 3 is 2.81 bits per heavy atom. The van der Waals surface area contributed by atoms with E-state index in [-0.39, 0.29) is 17.7 Å². The van der Waals surface area contributed by atoms with Crippen molar-refractivity contribution in [2.24, 2.45) is 0 Å². The highest BCUT2D eigenvalue weighted by Crippen LogP contribution is 2.32. The number of halogens is 2. The molecule has 1 fully saturated rings. The van der Waals surface area contributed by atoms with E-state index in [1.807, 2.05) is 0 Å². The van der Waals surface area contributed by atoms with Crippen molar-refractivity contribution in [2.75, 3.05) is 11.1 Å². The van der Waals surface area contributed by atoms with Gasteiger partial charge in [0.1, 0.15) is 0 Å². The van der Waals surface area contributed by atoms with Crippen molar-refractivity contribution >= 4 is 35.1 Å². The number of para-hydroxylation sites is 1. The number of carbonyl (C=O) groups is 1. The van der Waals surface area contributed by atoms with Crippen LogP contribution in [0.4, 0.5) is 14.5 Å². The minimum atomic E-state index is -2.54. The van der Waals surface area contributed by atoms with E-state index in [0.29, 0.717) is 27.5 Å². The van der Waals surface area contributed by atoms with E-state index in [4.69, 9.17) is 0 Å². The molecular weight excluding hydrogens is 380 g/mol. The second-order valence-corrected chi connectivity index (χ2v) is 7.88. The van der Waals surface area contributed by atoms with Crippen LogP contribution in [0.5, 0.6) is 0 Å². The van der Waals surface area contributed by atoms with Crippen LogP contribution in [0.25, 0.3) is 0 Å². The van der Waals surface area contributed by atoms with E-state index in [0.717, 1.165) is 25.7 Å². The number of rotatable bonds is 7. The van der Waals surface area contributed by atoms with Gasteiger partial charge in [-0.15, -0.1) is 5.10 Å². The molecule has 26 heavy (non-hydrogen) atoms. The Hall–Kier alpha value is -1.68. The Kier molecular flexibility index (Phi) is 6.84. The number of hydrogen-bond donors (Lipinski definition) is 1. The van der Waals surface area contributed by atoms with Gasteiger partial charge in [-0.2, -0.15) is 8.78 Å². The Labute approximate surface area is 158 Å². The Bertz CT molecular complexity index is 737. The summed E-state index contributed by atoms with van der Waals surface area (Å²) in [6.45, 7) is 0. The van der Waals surface area contributed by atoms with Crippen molar-refractivity contribution in [3.8, 4) is 0 Å². The number of alkyl halides is 2. The van der Waals surface area contributed by atoms with E-state index in [2.05, 4.69) is 20.8 Å². The van der Waals surface area contributed by atoms with Crippen molar-refractivity contribution in [1.29, 1.82) is 0 Å². The van der Waals surface area contributed by atoms with Crippen LogP contribution in [0.1, 0.15) is 38.1 Å². The Morgan fingerprint density at radius 2 is 2.04 bits per heavy atom. The summed E-state index contributed by atoms with van der Waals surface area (Å²) in [7, 11) is 0. The molecule has 0 atom stereocenters. The quantitative estimate of drug-likeness (QED) is 0.703. The first-order valence-electron chi connectivity index (χ1n) is 8.38. The van der Waals surface area contributed by atoms with Gasteiger partial charge in [0.25, 0.3) is 5.76 Å². The maximum Gasteiger partial charge on any atom is 0.288 e. The van der Waals surface area contributed by atoms with Gasteiger partial charge in [0.15, 0.2) is 0 Å². The third kappa shape index (κ3) is 5.16. The molecule has 1 saturated carbocycles. The largest absolute Gasteiger partial charge is 0.324 e. The summed E-state index contributed by atoms with van der Waals surface area (Å²) in [6.07, 6.45) is 5.65. The average molecular weight is 399 g/mol. The molecule has 1 aliphatic carbocycles. The molecule has 0 aliphatic heterocycles. The van der Waals surface area contributed by atoms with Gasteiger partial charge in [0.2, 0.25) is 11.1 Å². The fourth-order valence-electron chi connectivity index (χ4n) is 2.92. The van der Waals surface area contributed by atoms with Gasteiger partial charge in [0.05, 0.1) is 17.5 Å². The predicted octanol–water partition coefficient (Wildman–Crippen LogP) is 4.22. The summed E-state index contributed by atoms with van der Waals surface area (Å²) in [6, 6.07) is 6.81. The van der Waals surface area contributed by atoms with E-state index in [1.165, 1.54) is 18.2 Å². The third-order valence-electron chi connectivity index (χ3n) is 4.09. The molecule has 2 aromatic rings. The first-order chi connectivity index (χ1) is 12.6. The van der Waals surface area contributed by atoms with Gasteiger partial charge in [-0.3, -0.25) is 4.79 Å².